The van der Waals surface area contributed by atoms with Crippen LogP contribution in [0.15, 0.2) is 24.3 Å². The maximum atomic E-state index is 11.9. The van der Waals surface area contributed by atoms with Gasteiger partial charge in [0.25, 0.3) is 0 Å². The fourth-order valence-electron chi connectivity index (χ4n) is 1.69. The van der Waals surface area contributed by atoms with Crippen molar-refractivity contribution in [2.24, 2.45) is 0 Å². The molecular formula is C16H24O3. The van der Waals surface area contributed by atoms with Crippen LogP contribution in [0.3, 0.4) is 0 Å². The third kappa shape index (κ3) is 4.93. The number of hydrogen-bond donors (Lipinski definition) is 0. The molecule has 1 aromatic rings. The first-order valence-corrected chi connectivity index (χ1v) is 6.69. The van der Waals surface area contributed by atoms with Gasteiger partial charge in [-0.05, 0) is 45.2 Å². The molecule has 0 amide bonds. The smallest absolute Gasteiger partial charge is 0.347 e. The minimum absolute atomic E-state index is 0.342. The highest BCUT2D eigenvalue weighted by Gasteiger charge is 2.23. The molecule has 0 aliphatic rings. The Kier molecular flexibility index (Phi) is 4.98. The van der Waals surface area contributed by atoms with Crippen LogP contribution >= 0.6 is 0 Å². The van der Waals surface area contributed by atoms with Crippen LogP contribution in [0.2, 0.25) is 0 Å². The molecule has 0 spiro atoms. The molecule has 0 radical (unpaired) electrons. The number of hydrogen-bond acceptors (Lipinski definition) is 3. The highest BCUT2D eigenvalue weighted by molar-refractivity contribution is 5.75. The minimum Gasteiger partial charge on any atom is -0.479 e. The molecule has 0 fully saturated rings. The van der Waals surface area contributed by atoms with E-state index in [1.165, 1.54) is 0 Å². The first kappa shape index (κ1) is 15.5. The number of ether oxygens (including phenoxy) is 2. The first-order valence-electron chi connectivity index (χ1n) is 6.69. The second-order valence-electron chi connectivity index (χ2n) is 5.99. The number of rotatable bonds is 4. The van der Waals surface area contributed by atoms with Gasteiger partial charge >= 0.3 is 5.97 Å². The molecular weight excluding hydrogens is 240 g/mol. The molecule has 3 nitrogen and oxygen atoms in total. The summed E-state index contributed by atoms with van der Waals surface area (Å²) in [5.41, 5.74) is 0.602. The van der Waals surface area contributed by atoms with Crippen LogP contribution in [0.25, 0.3) is 0 Å². The van der Waals surface area contributed by atoms with Gasteiger partial charge in [-0.25, -0.2) is 4.79 Å². The lowest BCUT2D eigenvalue weighted by molar-refractivity contribution is -0.162. The third-order valence-corrected chi connectivity index (χ3v) is 2.58. The van der Waals surface area contributed by atoms with Crippen molar-refractivity contribution in [1.82, 2.24) is 0 Å². The Bertz CT molecular complexity index is 430. The third-order valence-electron chi connectivity index (χ3n) is 2.58. The summed E-state index contributed by atoms with van der Waals surface area (Å²) >= 11 is 0. The van der Waals surface area contributed by atoms with Crippen molar-refractivity contribution in [2.45, 2.75) is 59.2 Å². The Morgan fingerprint density at radius 1 is 1.11 bits per heavy atom. The van der Waals surface area contributed by atoms with Crippen molar-refractivity contribution in [2.75, 3.05) is 0 Å². The van der Waals surface area contributed by atoms with Crippen molar-refractivity contribution in [3.05, 3.63) is 29.8 Å². The van der Waals surface area contributed by atoms with Crippen molar-refractivity contribution in [3.8, 4) is 5.75 Å². The van der Waals surface area contributed by atoms with Crippen molar-refractivity contribution in [1.29, 1.82) is 0 Å². The lowest BCUT2D eigenvalue weighted by Gasteiger charge is -2.23. The molecule has 19 heavy (non-hydrogen) atoms. The van der Waals surface area contributed by atoms with Crippen molar-refractivity contribution >= 4 is 5.97 Å². The van der Waals surface area contributed by atoms with Crippen LogP contribution < -0.4 is 4.74 Å². The van der Waals surface area contributed by atoms with Gasteiger partial charge in [-0.15, -0.1) is 0 Å². The molecule has 1 aromatic carbocycles. The Morgan fingerprint density at radius 3 is 2.21 bits per heavy atom. The van der Waals surface area contributed by atoms with E-state index in [1.54, 1.807) is 6.92 Å². The summed E-state index contributed by atoms with van der Waals surface area (Å²) in [6.45, 7) is 11.4. The van der Waals surface area contributed by atoms with E-state index in [0.717, 1.165) is 11.3 Å². The molecule has 0 bridgehead atoms. The zero-order valence-corrected chi connectivity index (χ0v) is 12.7. The molecule has 0 aliphatic heterocycles. The van der Waals surface area contributed by atoms with Gasteiger partial charge in [0.2, 0.25) is 0 Å². The van der Waals surface area contributed by atoms with E-state index >= 15 is 0 Å². The molecule has 0 aromatic heterocycles. The Labute approximate surface area is 115 Å². The number of benzene rings is 1. The molecule has 0 saturated carbocycles. The summed E-state index contributed by atoms with van der Waals surface area (Å²) < 4.78 is 11.0. The number of carbonyl (C=O) groups excluding carboxylic acids is 1. The van der Waals surface area contributed by atoms with Crippen LogP contribution in [0, 0.1) is 0 Å². The predicted molar refractivity (Wildman–Crippen MR) is 76.5 cm³/mol. The van der Waals surface area contributed by atoms with E-state index in [4.69, 9.17) is 9.47 Å². The van der Waals surface area contributed by atoms with Crippen LogP contribution in [0.5, 0.6) is 5.75 Å². The van der Waals surface area contributed by atoms with Gasteiger partial charge in [0.1, 0.15) is 11.4 Å². The summed E-state index contributed by atoms with van der Waals surface area (Å²) in [6, 6.07) is 7.78. The van der Waals surface area contributed by atoms with Gasteiger partial charge in [0.05, 0.1) is 0 Å². The first-order chi connectivity index (χ1) is 8.70. The summed E-state index contributed by atoms with van der Waals surface area (Å²) in [5.74, 6) is 0.754. The SMILES string of the molecule is CC(Oc1ccccc1C(C)C)C(=O)OC(C)(C)C. The lowest BCUT2D eigenvalue weighted by atomic mass is 10.0. The zero-order chi connectivity index (χ0) is 14.6. The number of carbonyl (C=O) groups is 1. The van der Waals surface area contributed by atoms with Crippen molar-refractivity contribution < 1.29 is 14.3 Å². The predicted octanol–water partition coefficient (Wildman–Crippen LogP) is 3.92. The van der Waals surface area contributed by atoms with Gasteiger partial charge in [0.15, 0.2) is 6.10 Å². The largest absolute Gasteiger partial charge is 0.479 e. The van der Waals surface area contributed by atoms with Crippen LogP contribution in [-0.4, -0.2) is 17.7 Å². The highest BCUT2D eigenvalue weighted by Crippen LogP contribution is 2.27. The van der Waals surface area contributed by atoms with E-state index < -0.39 is 11.7 Å². The standard InChI is InChI=1S/C16H24O3/c1-11(2)13-9-7-8-10-14(13)18-12(3)15(17)19-16(4,5)6/h7-12H,1-6H3. The Balaban J connectivity index is 2.77. The summed E-state index contributed by atoms with van der Waals surface area (Å²) in [4.78, 5) is 11.9. The maximum Gasteiger partial charge on any atom is 0.347 e. The van der Waals surface area contributed by atoms with E-state index in [0.29, 0.717) is 5.92 Å². The topological polar surface area (TPSA) is 35.5 Å². The van der Waals surface area contributed by atoms with Crippen LogP contribution in [-0.2, 0) is 9.53 Å². The molecule has 1 unspecified atom stereocenters. The fraction of sp³-hybridized carbons (Fsp3) is 0.562. The molecule has 0 aliphatic carbocycles. The van der Waals surface area contributed by atoms with Crippen LogP contribution in [0.4, 0.5) is 0 Å². The van der Waals surface area contributed by atoms with Crippen LogP contribution in [0.1, 0.15) is 53.0 Å². The normalized spacial score (nSPS) is 13.2. The molecule has 0 N–H and O–H groups in total. The lowest BCUT2D eigenvalue weighted by Crippen LogP contribution is -2.33. The van der Waals surface area contributed by atoms with Gasteiger partial charge < -0.3 is 9.47 Å². The maximum absolute atomic E-state index is 11.9. The summed E-state index contributed by atoms with van der Waals surface area (Å²) in [6.07, 6.45) is -0.612. The highest BCUT2D eigenvalue weighted by atomic mass is 16.6. The van der Waals surface area contributed by atoms with E-state index in [9.17, 15) is 4.79 Å². The molecule has 1 atom stereocenters. The summed E-state index contributed by atoms with van der Waals surface area (Å²) in [7, 11) is 0. The van der Waals surface area contributed by atoms with Gasteiger partial charge in [-0.3, -0.25) is 0 Å². The Hall–Kier alpha value is -1.51. The number of esters is 1. The molecule has 3 heteroatoms. The monoisotopic (exact) mass is 264 g/mol. The number of para-hydroxylation sites is 1. The van der Waals surface area contributed by atoms with E-state index in [-0.39, 0.29) is 5.97 Å². The average molecular weight is 264 g/mol. The average Bonchev–Trinajstić information content (AvgIpc) is 2.27. The van der Waals surface area contributed by atoms with Gasteiger partial charge in [-0.1, -0.05) is 32.0 Å². The van der Waals surface area contributed by atoms with E-state index in [1.807, 2.05) is 45.0 Å². The molecule has 106 valence electrons. The second-order valence-corrected chi connectivity index (χ2v) is 5.99. The van der Waals surface area contributed by atoms with Gasteiger partial charge in [0, 0.05) is 0 Å². The Morgan fingerprint density at radius 2 is 1.68 bits per heavy atom. The second kappa shape index (κ2) is 6.09. The fourth-order valence-corrected chi connectivity index (χ4v) is 1.69. The molecule has 0 saturated heterocycles. The summed E-state index contributed by atoms with van der Waals surface area (Å²) in [5, 5.41) is 0. The minimum atomic E-state index is -0.612. The van der Waals surface area contributed by atoms with Crippen molar-refractivity contribution in [3.63, 3.8) is 0 Å². The quantitative estimate of drug-likeness (QED) is 0.773. The zero-order valence-electron chi connectivity index (χ0n) is 12.7. The molecule has 0 heterocycles. The molecule has 1 rings (SSSR count). The van der Waals surface area contributed by atoms with E-state index in [2.05, 4.69) is 13.8 Å². The van der Waals surface area contributed by atoms with Gasteiger partial charge in [-0.2, -0.15) is 0 Å².